The van der Waals surface area contributed by atoms with Gasteiger partial charge in [0, 0.05) is 25.0 Å². The standard InChI is InChI=1S/C21H25N3O3/c1-27-19-9-5-2-6-15(19)10-11-23-20(25)16-12-17(14-22-13-16)21(26)24-18-7-3-4-8-18/h2,5-6,9,12-14,18H,3-4,7-8,10-11H2,1H3,(H,23,25)(H,24,26). The summed E-state index contributed by atoms with van der Waals surface area (Å²) in [5.74, 6) is 0.394. The summed E-state index contributed by atoms with van der Waals surface area (Å²) in [5.41, 5.74) is 1.83. The molecule has 3 rings (SSSR count). The van der Waals surface area contributed by atoms with Crippen molar-refractivity contribution in [1.82, 2.24) is 15.6 Å². The number of ether oxygens (including phenoxy) is 1. The van der Waals surface area contributed by atoms with Crippen LogP contribution in [0, 0.1) is 0 Å². The van der Waals surface area contributed by atoms with E-state index in [9.17, 15) is 9.59 Å². The molecule has 6 nitrogen and oxygen atoms in total. The Balaban J connectivity index is 1.56. The number of carbonyl (C=O) groups is 2. The molecule has 1 saturated carbocycles. The maximum absolute atomic E-state index is 12.4. The molecule has 0 saturated heterocycles. The maximum Gasteiger partial charge on any atom is 0.253 e. The van der Waals surface area contributed by atoms with Crippen LogP contribution in [0.5, 0.6) is 5.75 Å². The van der Waals surface area contributed by atoms with E-state index in [0.717, 1.165) is 37.0 Å². The molecule has 142 valence electrons. The lowest BCUT2D eigenvalue weighted by molar-refractivity contribution is 0.0937. The molecular weight excluding hydrogens is 342 g/mol. The highest BCUT2D eigenvalue weighted by Gasteiger charge is 2.19. The normalized spacial score (nSPS) is 14.0. The monoisotopic (exact) mass is 367 g/mol. The molecule has 0 radical (unpaired) electrons. The van der Waals surface area contributed by atoms with Gasteiger partial charge >= 0.3 is 0 Å². The van der Waals surface area contributed by atoms with Crippen molar-refractivity contribution in [3.05, 3.63) is 59.4 Å². The van der Waals surface area contributed by atoms with Gasteiger partial charge in [0.1, 0.15) is 5.75 Å². The number of benzene rings is 1. The lowest BCUT2D eigenvalue weighted by Gasteiger charge is -2.12. The van der Waals surface area contributed by atoms with Gasteiger partial charge in [0.05, 0.1) is 18.2 Å². The maximum atomic E-state index is 12.4. The molecule has 2 aromatic rings. The van der Waals surface area contributed by atoms with E-state index in [4.69, 9.17) is 4.74 Å². The number of para-hydroxylation sites is 1. The summed E-state index contributed by atoms with van der Waals surface area (Å²) in [6.07, 6.45) is 7.96. The Bertz CT molecular complexity index is 801. The van der Waals surface area contributed by atoms with Gasteiger partial charge in [0.2, 0.25) is 0 Å². The molecular formula is C21H25N3O3. The first-order valence-corrected chi connectivity index (χ1v) is 9.33. The quantitative estimate of drug-likeness (QED) is 0.789. The number of hydrogen-bond acceptors (Lipinski definition) is 4. The van der Waals surface area contributed by atoms with Gasteiger partial charge in [-0.2, -0.15) is 0 Å². The molecule has 0 atom stereocenters. The molecule has 0 unspecified atom stereocenters. The molecule has 0 bridgehead atoms. The predicted octanol–water partition coefficient (Wildman–Crippen LogP) is 2.74. The SMILES string of the molecule is COc1ccccc1CCNC(=O)c1cncc(C(=O)NC2CCCC2)c1. The number of hydrogen-bond donors (Lipinski definition) is 2. The van der Waals surface area contributed by atoms with E-state index in [1.165, 1.54) is 12.4 Å². The molecule has 1 aromatic carbocycles. The van der Waals surface area contributed by atoms with E-state index in [1.54, 1.807) is 13.2 Å². The van der Waals surface area contributed by atoms with E-state index < -0.39 is 0 Å². The van der Waals surface area contributed by atoms with Gasteiger partial charge in [-0.05, 0) is 37.0 Å². The van der Waals surface area contributed by atoms with Gasteiger partial charge < -0.3 is 15.4 Å². The van der Waals surface area contributed by atoms with Crippen LogP contribution in [0.25, 0.3) is 0 Å². The van der Waals surface area contributed by atoms with Crippen LogP contribution in [0.15, 0.2) is 42.7 Å². The van der Waals surface area contributed by atoms with Gasteiger partial charge in [-0.25, -0.2) is 0 Å². The fourth-order valence-corrected chi connectivity index (χ4v) is 3.35. The van der Waals surface area contributed by atoms with E-state index in [1.807, 2.05) is 24.3 Å². The lowest BCUT2D eigenvalue weighted by Crippen LogP contribution is -2.33. The highest BCUT2D eigenvalue weighted by Crippen LogP contribution is 2.18. The Morgan fingerprint density at radius 3 is 2.56 bits per heavy atom. The van der Waals surface area contributed by atoms with E-state index in [0.29, 0.717) is 24.1 Å². The van der Waals surface area contributed by atoms with Gasteiger partial charge in [0.15, 0.2) is 0 Å². The largest absolute Gasteiger partial charge is 0.496 e. The zero-order valence-electron chi connectivity index (χ0n) is 15.5. The molecule has 2 amide bonds. The van der Waals surface area contributed by atoms with Crippen molar-refractivity contribution in [3.8, 4) is 5.75 Å². The van der Waals surface area contributed by atoms with Crippen LogP contribution in [-0.2, 0) is 6.42 Å². The van der Waals surface area contributed by atoms with Gasteiger partial charge in [-0.3, -0.25) is 14.6 Å². The summed E-state index contributed by atoms with van der Waals surface area (Å²) < 4.78 is 5.32. The average molecular weight is 367 g/mol. The third-order valence-corrected chi connectivity index (χ3v) is 4.83. The van der Waals surface area contributed by atoms with Crippen molar-refractivity contribution < 1.29 is 14.3 Å². The Labute approximate surface area is 159 Å². The lowest BCUT2D eigenvalue weighted by atomic mass is 10.1. The molecule has 1 aromatic heterocycles. The minimum Gasteiger partial charge on any atom is -0.496 e. The van der Waals surface area contributed by atoms with Crippen molar-refractivity contribution in [3.63, 3.8) is 0 Å². The minimum atomic E-state index is -0.243. The number of methoxy groups -OCH3 is 1. The van der Waals surface area contributed by atoms with Gasteiger partial charge in [0.25, 0.3) is 11.8 Å². The van der Waals surface area contributed by atoms with Crippen molar-refractivity contribution in [2.45, 2.75) is 38.1 Å². The van der Waals surface area contributed by atoms with Crippen LogP contribution in [0.4, 0.5) is 0 Å². The summed E-state index contributed by atoms with van der Waals surface area (Å²) in [6, 6.07) is 9.55. The predicted molar refractivity (Wildman–Crippen MR) is 103 cm³/mol. The third-order valence-electron chi connectivity index (χ3n) is 4.83. The van der Waals surface area contributed by atoms with E-state index >= 15 is 0 Å². The second-order valence-electron chi connectivity index (χ2n) is 6.73. The Kier molecular flexibility index (Phi) is 6.41. The number of aromatic nitrogens is 1. The minimum absolute atomic E-state index is 0.168. The van der Waals surface area contributed by atoms with Crippen LogP contribution in [0.3, 0.4) is 0 Å². The summed E-state index contributed by atoms with van der Waals surface area (Å²) in [5, 5.41) is 5.89. The number of nitrogens with one attached hydrogen (secondary N) is 2. The Hall–Kier alpha value is -2.89. The number of carbonyl (C=O) groups excluding carboxylic acids is 2. The molecule has 1 aliphatic rings. The van der Waals surface area contributed by atoms with Crippen LogP contribution < -0.4 is 15.4 Å². The number of rotatable bonds is 7. The fraction of sp³-hybridized carbons (Fsp3) is 0.381. The first-order valence-electron chi connectivity index (χ1n) is 9.33. The molecule has 1 heterocycles. The summed E-state index contributed by atoms with van der Waals surface area (Å²) >= 11 is 0. The molecule has 27 heavy (non-hydrogen) atoms. The van der Waals surface area contributed by atoms with E-state index in [2.05, 4.69) is 15.6 Å². The van der Waals surface area contributed by atoms with Gasteiger partial charge in [-0.15, -0.1) is 0 Å². The zero-order valence-corrected chi connectivity index (χ0v) is 15.5. The Morgan fingerprint density at radius 2 is 1.81 bits per heavy atom. The number of pyridine rings is 1. The van der Waals surface area contributed by atoms with Gasteiger partial charge in [-0.1, -0.05) is 31.0 Å². The summed E-state index contributed by atoms with van der Waals surface area (Å²) in [4.78, 5) is 28.8. The number of nitrogens with zero attached hydrogens (tertiary/aromatic N) is 1. The van der Waals surface area contributed by atoms with Crippen LogP contribution in [-0.4, -0.2) is 36.5 Å². The summed E-state index contributed by atoms with van der Waals surface area (Å²) in [7, 11) is 1.63. The highest BCUT2D eigenvalue weighted by molar-refractivity contribution is 5.99. The van der Waals surface area contributed by atoms with Crippen molar-refractivity contribution in [1.29, 1.82) is 0 Å². The smallest absolute Gasteiger partial charge is 0.253 e. The molecule has 2 N–H and O–H groups in total. The first-order chi connectivity index (χ1) is 13.2. The Morgan fingerprint density at radius 1 is 1.11 bits per heavy atom. The van der Waals surface area contributed by atoms with Crippen molar-refractivity contribution in [2.75, 3.05) is 13.7 Å². The average Bonchev–Trinajstić information content (AvgIpc) is 3.21. The third kappa shape index (κ3) is 5.06. The molecule has 1 fully saturated rings. The molecule has 1 aliphatic carbocycles. The zero-order chi connectivity index (χ0) is 19.1. The topological polar surface area (TPSA) is 80.3 Å². The summed E-state index contributed by atoms with van der Waals surface area (Å²) in [6.45, 7) is 0.470. The molecule has 6 heteroatoms. The second-order valence-corrected chi connectivity index (χ2v) is 6.73. The first kappa shape index (κ1) is 18.9. The highest BCUT2D eigenvalue weighted by atomic mass is 16.5. The van der Waals surface area contributed by atoms with E-state index in [-0.39, 0.29) is 17.9 Å². The van der Waals surface area contributed by atoms with Crippen molar-refractivity contribution >= 4 is 11.8 Å². The van der Waals surface area contributed by atoms with Crippen LogP contribution in [0.1, 0.15) is 52.0 Å². The molecule has 0 aliphatic heterocycles. The van der Waals surface area contributed by atoms with Crippen LogP contribution in [0.2, 0.25) is 0 Å². The van der Waals surface area contributed by atoms with Crippen molar-refractivity contribution in [2.24, 2.45) is 0 Å². The second kappa shape index (κ2) is 9.16. The molecule has 0 spiro atoms. The van der Waals surface area contributed by atoms with Crippen LogP contribution >= 0.6 is 0 Å². The fourth-order valence-electron chi connectivity index (χ4n) is 3.35. The number of amides is 2.